The highest BCUT2D eigenvalue weighted by atomic mass is 32.1. The number of rotatable bonds is 8. The first kappa shape index (κ1) is 21.6. The summed E-state index contributed by atoms with van der Waals surface area (Å²) < 4.78 is 13.1. The fourth-order valence-corrected chi connectivity index (χ4v) is 3.67. The van der Waals surface area contributed by atoms with Crippen LogP contribution in [0.3, 0.4) is 0 Å². The molecule has 3 rings (SSSR count). The third kappa shape index (κ3) is 6.20. The predicted octanol–water partition coefficient (Wildman–Crippen LogP) is 4.37. The molecule has 2 N–H and O–H groups in total. The molecule has 156 valence electrons. The van der Waals surface area contributed by atoms with Gasteiger partial charge in [-0.3, -0.25) is 14.5 Å². The van der Waals surface area contributed by atoms with Crippen molar-refractivity contribution in [1.82, 2.24) is 9.88 Å². The minimum Gasteiger partial charge on any atom is -0.326 e. The van der Waals surface area contributed by atoms with Gasteiger partial charge in [-0.05, 0) is 55.1 Å². The summed E-state index contributed by atoms with van der Waals surface area (Å²) in [6, 6.07) is 13.2. The number of likely N-dealkylation sites (N-methyl/N-ethyl adjacent to an activating group) is 1. The fourth-order valence-electron chi connectivity index (χ4n) is 2.86. The second-order valence-electron chi connectivity index (χ2n) is 6.76. The molecule has 0 bridgehead atoms. The lowest BCUT2D eigenvalue weighted by Crippen LogP contribution is -2.32. The Balaban J connectivity index is 1.55. The van der Waals surface area contributed by atoms with Crippen molar-refractivity contribution in [3.63, 3.8) is 0 Å². The number of nitrogens with one attached hydrogen (secondary N) is 2. The number of aromatic nitrogens is 1. The second-order valence-corrected chi connectivity index (χ2v) is 7.62. The molecule has 0 atom stereocenters. The summed E-state index contributed by atoms with van der Waals surface area (Å²) in [5.41, 5.74) is 3.08. The molecule has 1 heterocycles. The number of hydrogen-bond donors (Lipinski definition) is 2. The van der Waals surface area contributed by atoms with Crippen LogP contribution >= 0.6 is 11.3 Å². The zero-order valence-electron chi connectivity index (χ0n) is 16.8. The van der Waals surface area contributed by atoms with Crippen LogP contribution in [0, 0.1) is 5.82 Å². The van der Waals surface area contributed by atoms with Crippen LogP contribution < -0.4 is 10.6 Å². The van der Waals surface area contributed by atoms with E-state index in [1.54, 1.807) is 36.4 Å². The van der Waals surface area contributed by atoms with Crippen molar-refractivity contribution >= 4 is 34.5 Å². The summed E-state index contributed by atoms with van der Waals surface area (Å²) in [6.45, 7) is 4.90. The topological polar surface area (TPSA) is 74.3 Å². The molecule has 0 aliphatic carbocycles. The molecule has 6 nitrogen and oxygen atoms in total. The monoisotopic (exact) mass is 426 g/mol. The molecule has 0 fully saturated rings. The van der Waals surface area contributed by atoms with Crippen molar-refractivity contribution < 1.29 is 14.0 Å². The maximum absolute atomic E-state index is 13.1. The lowest BCUT2D eigenvalue weighted by Gasteiger charge is -2.18. The number of thiazole rings is 1. The Kier molecular flexibility index (Phi) is 7.26. The number of amides is 2. The summed E-state index contributed by atoms with van der Waals surface area (Å²) in [4.78, 5) is 30.1. The highest BCUT2D eigenvalue weighted by Crippen LogP contribution is 2.24. The van der Waals surface area contributed by atoms with Gasteiger partial charge in [-0.2, -0.15) is 0 Å². The van der Waals surface area contributed by atoms with E-state index in [2.05, 4.69) is 15.6 Å². The Hall–Kier alpha value is -3.10. The average Bonchev–Trinajstić information content (AvgIpc) is 3.17. The Morgan fingerprint density at radius 3 is 2.27 bits per heavy atom. The van der Waals surface area contributed by atoms with Gasteiger partial charge in [0.2, 0.25) is 11.8 Å². The van der Waals surface area contributed by atoms with E-state index < -0.39 is 0 Å². The van der Waals surface area contributed by atoms with Crippen LogP contribution in [0.15, 0.2) is 53.9 Å². The molecule has 1 aromatic heterocycles. The fraction of sp³-hybridized carbons (Fsp3) is 0.227. The van der Waals surface area contributed by atoms with Crippen LogP contribution in [0.4, 0.5) is 15.8 Å². The molecular formula is C22H23FN4O2S. The molecule has 0 aliphatic heterocycles. The van der Waals surface area contributed by atoms with Crippen LogP contribution in [-0.2, 0) is 16.1 Å². The maximum atomic E-state index is 13.1. The van der Waals surface area contributed by atoms with Gasteiger partial charge in [0.25, 0.3) is 0 Å². The van der Waals surface area contributed by atoms with Crippen LogP contribution in [0.5, 0.6) is 0 Å². The maximum Gasteiger partial charge on any atom is 0.238 e. The molecule has 0 unspecified atom stereocenters. The van der Waals surface area contributed by atoms with E-state index >= 15 is 0 Å². The lowest BCUT2D eigenvalue weighted by molar-refractivity contribution is -0.117. The highest BCUT2D eigenvalue weighted by molar-refractivity contribution is 7.13. The molecule has 0 aliphatic rings. The average molecular weight is 427 g/mol. The number of carbonyl (C=O) groups excluding carboxylic acids is 2. The van der Waals surface area contributed by atoms with Crippen molar-refractivity contribution in [1.29, 1.82) is 0 Å². The minimum atomic E-state index is -0.275. The Labute approximate surface area is 178 Å². The largest absolute Gasteiger partial charge is 0.326 e. The Morgan fingerprint density at radius 2 is 1.67 bits per heavy atom. The van der Waals surface area contributed by atoms with E-state index in [4.69, 9.17) is 0 Å². The SMILES string of the molecule is CCN(CC(=O)Nc1ccc(NC(C)=O)cc1)Cc1csc(-c2ccc(F)cc2)n1. The zero-order chi connectivity index (χ0) is 21.5. The number of nitrogens with zero attached hydrogens (tertiary/aromatic N) is 2. The van der Waals surface area contributed by atoms with Gasteiger partial charge in [0.15, 0.2) is 0 Å². The molecule has 0 radical (unpaired) electrons. The summed E-state index contributed by atoms with van der Waals surface area (Å²) in [5, 5.41) is 8.33. The number of benzene rings is 2. The normalized spacial score (nSPS) is 10.8. The number of anilines is 2. The summed E-state index contributed by atoms with van der Waals surface area (Å²) in [7, 11) is 0. The van der Waals surface area contributed by atoms with E-state index in [1.165, 1.54) is 30.4 Å². The van der Waals surface area contributed by atoms with Gasteiger partial charge in [0.1, 0.15) is 10.8 Å². The molecule has 3 aromatic rings. The summed E-state index contributed by atoms with van der Waals surface area (Å²) >= 11 is 1.50. The van der Waals surface area contributed by atoms with Crippen molar-refractivity contribution in [2.45, 2.75) is 20.4 Å². The lowest BCUT2D eigenvalue weighted by atomic mass is 10.2. The first-order valence-electron chi connectivity index (χ1n) is 9.53. The summed E-state index contributed by atoms with van der Waals surface area (Å²) in [5.74, 6) is -0.545. The van der Waals surface area contributed by atoms with E-state index in [0.29, 0.717) is 24.5 Å². The van der Waals surface area contributed by atoms with Gasteiger partial charge in [0, 0.05) is 35.8 Å². The van der Waals surface area contributed by atoms with Crippen LogP contribution in [0.2, 0.25) is 0 Å². The Bertz CT molecular complexity index is 1000. The molecule has 0 saturated carbocycles. The third-order valence-electron chi connectivity index (χ3n) is 4.33. The Morgan fingerprint density at radius 1 is 1.03 bits per heavy atom. The first-order valence-corrected chi connectivity index (χ1v) is 10.4. The third-order valence-corrected chi connectivity index (χ3v) is 5.27. The highest BCUT2D eigenvalue weighted by Gasteiger charge is 2.13. The van der Waals surface area contributed by atoms with E-state index in [9.17, 15) is 14.0 Å². The van der Waals surface area contributed by atoms with Gasteiger partial charge < -0.3 is 10.6 Å². The predicted molar refractivity (Wildman–Crippen MR) is 118 cm³/mol. The van der Waals surface area contributed by atoms with Gasteiger partial charge in [0.05, 0.1) is 12.2 Å². The van der Waals surface area contributed by atoms with E-state index in [1.807, 2.05) is 17.2 Å². The van der Waals surface area contributed by atoms with Crippen LogP contribution in [-0.4, -0.2) is 34.8 Å². The van der Waals surface area contributed by atoms with Gasteiger partial charge in [-0.25, -0.2) is 9.37 Å². The minimum absolute atomic E-state index is 0.127. The summed E-state index contributed by atoms with van der Waals surface area (Å²) in [6.07, 6.45) is 0. The molecule has 2 aromatic carbocycles. The van der Waals surface area contributed by atoms with E-state index in [-0.39, 0.29) is 24.2 Å². The van der Waals surface area contributed by atoms with Crippen molar-refractivity contribution in [2.24, 2.45) is 0 Å². The number of halogens is 1. The van der Waals surface area contributed by atoms with Gasteiger partial charge in [-0.15, -0.1) is 11.3 Å². The second kappa shape index (κ2) is 10.1. The van der Waals surface area contributed by atoms with Crippen molar-refractivity contribution in [3.8, 4) is 10.6 Å². The van der Waals surface area contributed by atoms with Gasteiger partial charge in [-0.1, -0.05) is 6.92 Å². The quantitative estimate of drug-likeness (QED) is 0.561. The molecule has 2 amide bonds. The molecule has 0 spiro atoms. The molecule has 8 heteroatoms. The van der Waals surface area contributed by atoms with Crippen molar-refractivity contribution in [3.05, 3.63) is 65.4 Å². The number of hydrogen-bond acceptors (Lipinski definition) is 5. The van der Waals surface area contributed by atoms with Crippen LogP contribution in [0.1, 0.15) is 19.5 Å². The molecule has 0 saturated heterocycles. The van der Waals surface area contributed by atoms with Crippen LogP contribution in [0.25, 0.3) is 10.6 Å². The molecule has 30 heavy (non-hydrogen) atoms. The first-order chi connectivity index (χ1) is 14.4. The number of carbonyl (C=O) groups is 2. The van der Waals surface area contributed by atoms with Crippen molar-refractivity contribution in [2.75, 3.05) is 23.7 Å². The van der Waals surface area contributed by atoms with Gasteiger partial charge >= 0.3 is 0 Å². The molecular weight excluding hydrogens is 403 g/mol. The smallest absolute Gasteiger partial charge is 0.238 e. The standard InChI is InChI=1S/C22H23FN4O2S/c1-3-27(12-20-14-30-22(26-20)16-4-6-17(23)7-5-16)13-21(29)25-19-10-8-18(9-11-19)24-15(2)28/h4-11,14H,3,12-13H2,1-2H3,(H,24,28)(H,25,29). The van der Waals surface area contributed by atoms with E-state index in [0.717, 1.165) is 16.3 Å². The zero-order valence-corrected chi connectivity index (χ0v) is 17.6.